The van der Waals surface area contributed by atoms with Crippen molar-refractivity contribution in [2.45, 2.75) is 38.0 Å². The van der Waals surface area contributed by atoms with Gasteiger partial charge in [-0.2, -0.15) is 0 Å². The van der Waals surface area contributed by atoms with Gasteiger partial charge in [-0.05, 0) is 105 Å². The van der Waals surface area contributed by atoms with E-state index >= 15 is 0 Å². The molecule has 264 valence electrons. The molecule has 0 saturated heterocycles. The maximum absolute atomic E-state index is 6.86. The molecular formula is C53H41NO. The minimum absolute atomic E-state index is 0.0927. The molecule has 1 aromatic heterocycles. The molecule has 1 heterocycles. The summed E-state index contributed by atoms with van der Waals surface area (Å²) in [6.45, 7) is 7.04. The molecule has 0 aliphatic heterocycles. The molecule has 0 spiro atoms. The number of furan rings is 1. The van der Waals surface area contributed by atoms with Crippen LogP contribution >= 0.6 is 0 Å². The minimum atomic E-state index is -0.560. The summed E-state index contributed by atoms with van der Waals surface area (Å²) in [5.41, 5.74) is 17.9. The van der Waals surface area contributed by atoms with Gasteiger partial charge in [-0.3, -0.25) is 0 Å². The Morgan fingerprint density at radius 2 is 1.18 bits per heavy atom. The first-order chi connectivity index (χ1) is 26.9. The summed E-state index contributed by atoms with van der Waals surface area (Å²) in [6, 6.07) is 60.3. The first kappa shape index (κ1) is 32.1. The molecule has 55 heavy (non-hydrogen) atoms. The van der Waals surface area contributed by atoms with Crippen molar-refractivity contribution in [2.75, 3.05) is 4.90 Å². The van der Waals surface area contributed by atoms with Crippen LogP contribution in [0.25, 0.3) is 38.6 Å². The molecule has 7 aromatic carbocycles. The highest BCUT2D eigenvalue weighted by molar-refractivity contribution is 6.07. The molecule has 2 atom stereocenters. The second-order valence-electron chi connectivity index (χ2n) is 16.1. The lowest BCUT2D eigenvalue weighted by Crippen LogP contribution is -2.30. The van der Waals surface area contributed by atoms with Crippen LogP contribution in [0.15, 0.2) is 186 Å². The Hall–Kier alpha value is -6.38. The van der Waals surface area contributed by atoms with Crippen molar-refractivity contribution in [2.24, 2.45) is 5.92 Å². The van der Waals surface area contributed by atoms with E-state index in [2.05, 4.69) is 202 Å². The molecule has 0 radical (unpaired) electrons. The van der Waals surface area contributed by atoms with Gasteiger partial charge in [0.05, 0.1) is 5.41 Å². The summed E-state index contributed by atoms with van der Waals surface area (Å²) in [4.78, 5) is 2.41. The van der Waals surface area contributed by atoms with Crippen LogP contribution in [0.5, 0.6) is 0 Å². The summed E-state index contributed by atoms with van der Waals surface area (Å²) in [6.07, 6.45) is 5.83. The maximum atomic E-state index is 6.86. The van der Waals surface area contributed by atoms with E-state index in [1.807, 2.05) is 0 Å². The summed E-state index contributed by atoms with van der Waals surface area (Å²) in [5, 5.41) is 2.30. The zero-order chi connectivity index (χ0) is 36.9. The van der Waals surface area contributed by atoms with Crippen LogP contribution in [-0.4, -0.2) is 0 Å². The Bertz CT molecular complexity index is 2890. The van der Waals surface area contributed by atoms with Crippen molar-refractivity contribution in [3.63, 3.8) is 0 Å². The quantitative estimate of drug-likeness (QED) is 0.177. The Morgan fingerprint density at radius 1 is 0.545 bits per heavy atom. The van der Waals surface area contributed by atoms with E-state index in [1.54, 1.807) is 0 Å². The largest absolute Gasteiger partial charge is 0.456 e. The Balaban J connectivity index is 1.13. The second kappa shape index (κ2) is 11.8. The lowest BCUT2D eigenvalue weighted by molar-refractivity contribution is 0.645. The van der Waals surface area contributed by atoms with Gasteiger partial charge in [-0.1, -0.05) is 154 Å². The molecule has 0 bridgehead atoms. The van der Waals surface area contributed by atoms with Gasteiger partial charge in [0.15, 0.2) is 0 Å². The number of benzene rings is 7. The average Bonchev–Trinajstić information content (AvgIpc) is 3.83. The monoisotopic (exact) mass is 707 g/mol. The van der Waals surface area contributed by atoms with Gasteiger partial charge >= 0.3 is 0 Å². The molecule has 11 rings (SSSR count). The van der Waals surface area contributed by atoms with Crippen LogP contribution in [0.1, 0.15) is 60.6 Å². The molecular weight excluding hydrogens is 667 g/mol. The Morgan fingerprint density at radius 3 is 2.02 bits per heavy atom. The third-order valence-electron chi connectivity index (χ3n) is 12.7. The number of hydrogen-bond donors (Lipinski definition) is 0. The van der Waals surface area contributed by atoms with Gasteiger partial charge in [0.2, 0.25) is 0 Å². The zero-order valence-electron chi connectivity index (χ0n) is 31.4. The molecule has 0 N–H and O–H groups in total. The summed E-state index contributed by atoms with van der Waals surface area (Å²) >= 11 is 0. The topological polar surface area (TPSA) is 16.4 Å². The molecule has 0 fully saturated rings. The zero-order valence-corrected chi connectivity index (χ0v) is 31.4. The number of fused-ring (bicyclic) bond motifs is 8. The van der Waals surface area contributed by atoms with Crippen molar-refractivity contribution >= 4 is 44.6 Å². The molecule has 2 nitrogen and oxygen atoms in total. The van der Waals surface area contributed by atoms with Gasteiger partial charge in [0.25, 0.3) is 0 Å². The molecule has 2 heteroatoms. The van der Waals surface area contributed by atoms with Gasteiger partial charge in [0.1, 0.15) is 11.2 Å². The smallest absolute Gasteiger partial charge is 0.140 e. The number of hydrogen-bond acceptors (Lipinski definition) is 2. The van der Waals surface area contributed by atoms with Crippen LogP contribution in [-0.2, 0) is 10.8 Å². The summed E-state index contributed by atoms with van der Waals surface area (Å²) < 4.78 is 6.86. The molecule has 0 amide bonds. The molecule has 3 aliphatic rings. The van der Waals surface area contributed by atoms with Crippen molar-refractivity contribution < 1.29 is 4.42 Å². The fourth-order valence-electron chi connectivity index (χ4n) is 10.2. The molecule has 0 saturated carbocycles. The standard InChI is InChI=1S/C53H41NO/c1-34-24-31-47-44(32-34)40-17-8-11-21-46(40)53(47,48-22-13-19-43-42-18-9-12-23-50(42)55-51(43)48)35-25-27-37(28-26-35)54(36-14-5-4-6-15-36)38-29-30-41-39-16-7-10-20-45(39)52(2,3)49(41)33-38/h4-31,33-34H,32H2,1-3H3. The SMILES string of the molecule is CC1C=CC2=C(C1)c1ccccc1C2(c1ccc(N(c2ccccc2)c2ccc3c(c2)C(C)(C)c2ccccc2-3)cc1)c1cccc2c1oc1ccccc12. The summed E-state index contributed by atoms with van der Waals surface area (Å²) in [5.74, 6) is 0.469. The number of allylic oxidation sites excluding steroid dienone is 4. The van der Waals surface area contributed by atoms with E-state index in [4.69, 9.17) is 4.42 Å². The highest BCUT2D eigenvalue weighted by atomic mass is 16.3. The minimum Gasteiger partial charge on any atom is -0.456 e. The van der Waals surface area contributed by atoms with Gasteiger partial charge < -0.3 is 9.32 Å². The predicted octanol–water partition coefficient (Wildman–Crippen LogP) is 14.1. The van der Waals surface area contributed by atoms with E-state index in [0.29, 0.717) is 5.92 Å². The molecule has 3 aliphatic carbocycles. The maximum Gasteiger partial charge on any atom is 0.140 e. The number of anilines is 3. The highest BCUT2D eigenvalue weighted by Gasteiger charge is 2.49. The summed E-state index contributed by atoms with van der Waals surface area (Å²) in [7, 11) is 0. The van der Waals surface area contributed by atoms with Crippen LogP contribution in [0.4, 0.5) is 17.1 Å². The average molecular weight is 708 g/mol. The van der Waals surface area contributed by atoms with E-state index in [1.165, 1.54) is 55.7 Å². The van der Waals surface area contributed by atoms with Crippen molar-refractivity contribution in [1.29, 1.82) is 0 Å². The predicted molar refractivity (Wildman–Crippen MR) is 229 cm³/mol. The van der Waals surface area contributed by atoms with Crippen LogP contribution in [0.3, 0.4) is 0 Å². The molecule has 8 aromatic rings. The fourth-order valence-corrected chi connectivity index (χ4v) is 10.2. The van der Waals surface area contributed by atoms with E-state index in [9.17, 15) is 0 Å². The van der Waals surface area contributed by atoms with Crippen molar-refractivity contribution in [1.82, 2.24) is 0 Å². The third kappa shape index (κ3) is 4.49. The van der Waals surface area contributed by atoms with E-state index in [-0.39, 0.29) is 5.41 Å². The molecule has 2 unspecified atom stereocenters. The lowest BCUT2D eigenvalue weighted by atomic mass is 9.65. The Kier molecular flexibility index (Phi) is 6.89. The number of rotatable bonds is 5. The number of para-hydroxylation sites is 3. The van der Waals surface area contributed by atoms with Crippen LogP contribution < -0.4 is 4.90 Å². The first-order valence-electron chi connectivity index (χ1n) is 19.6. The second-order valence-corrected chi connectivity index (χ2v) is 16.1. The van der Waals surface area contributed by atoms with E-state index < -0.39 is 5.41 Å². The Labute approximate surface area is 322 Å². The van der Waals surface area contributed by atoms with Gasteiger partial charge in [0, 0.05) is 38.8 Å². The van der Waals surface area contributed by atoms with Crippen LogP contribution in [0, 0.1) is 5.92 Å². The van der Waals surface area contributed by atoms with Gasteiger partial charge in [-0.15, -0.1) is 0 Å². The number of nitrogens with zero attached hydrogens (tertiary/aromatic N) is 1. The third-order valence-corrected chi connectivity index (χ3v) is 12.7. The van der Waals surface area contributed by atoms with Crippen LogP contribution in [0.2, 0.25) is 0 Å². The van der Waals surface area contributed by atoms with Gasteiger partial charge in [-0.25, -0.2) is 0 Å². The lowest BCUT2D eigenvalue weighted by Gasteiger charge is -2.36. The van der Waals surface area contributed by atoms with Crippen molar-refractivity contribution in [3.8, 4) is 11.1 Å². The fraction of sp³-hybridized carbons (Fsp3) is 0.132. The normalized spacial score (nSPS) is 19.0. The van der Waals surface area contributed by atoms with E-state index in [0.717, 1.165) is 45.4 Å². The van der Waals surface area contributed by atoms with Crippen molar-refractivity contribution in [3.05, 3.63) is 215 Å². The highest BCUT2D eigenvalue weighted by Crippen LogP contribution is 2.59. The first-order valence-corrected chi connectivity index (χ1v) is 19.6.